The van der Waals surface area contributed by atoms with E-state index >= 15 is 0 Å². The van der Waals surface area contributed by atoms with Gasteiger partial charge in [-0.2, -0.15) is 5.01 Å². The van der Waals surface area contributed by atoms with Crippen molar-refractivity contribution in [3.63, 3.8) is 0 Å². The predicted molar refractivity (Wildman–Crippen MR) is 98.4 cm³/mol. The second kappa shape index (κ2) is 6.48. The molecule has 29 heavy (non-hydrogen) atoms. The van der Waals surface area contributed by atoms with E-state index in [1.807, 2.05) is 0 Å². The first-order valence-electron chi connectivity index (χ1n) is 8.53. The number of hydrazine groups is 1. The van der Waals surface area contributed by atoms with Crippen LogP contribution in [0.2, 0.25) is 0 Å². The first kappa shape index (κ1) is 18.2. The van der Waals surface area contributed by atoms with Crippen molar-refractivity contribution >= 4 is 28.6 Å². The summed E-state index contributed by atoms with van der Waals surface area (Å²) in [7, 11) is 0. The number of fused-ring (bicyclic) bond motifs is 1. The molecule has 3 aromatic rings. The molecule has 4 rings (SSSR count). The zero-order valence-corrected chi connectivity index (χ0v) is 15.1. The van der Waals surface area contributed by atoms with Crippen LogP contribution in [0.15, 0.2) is 56.7 Å². The second-order valence-electron chi connectivity index (χ2n) is 6.59. The summed E-state index contributed by atoms with van der Waals surface area (Å²) >= 11 is 0. The highest BCUT2D eigenvalue weighted by Gasteiger charge is 2.52. The van der Waals surface area contributed by atoms with Crippen LogP contribution in [0.4, 0.5) is 4.79 Å². The van der Waals surface area contributed by atoms with Crippen molar-refractivity contribution in [3.8, 4) is 0 Å². The fraction of sp³-hybridized carbons (Fsp3) is 0.167. The highest BCUT2D eigenvalue weighted by molar-refractivity contribution is 6.07. The first-order chi connectivity index (χ1) is 13.8. The number of benzene rings is 1. The summed E-state index contributed by atoms with van der Waals surface area (Å²) in [5.41, 5.74) is -0.474. The van der Waals surface area contributed by atoms with Crippen LogP contribution in [0.1, 0.15) is 12.7 Å². The van der Waals surface area contributed by atoms with E-state index in [0.717, 1.165) is 4.68 Å². The molecule has 11 heteroatoms. The summed E-state index contributed by atoms with van der Waals surface area (Å²) in [6, 6.07) is 8.38. The number of nitrogens with zero attached hydrogens (tertiary/aromatic N) is 2. The average Bonchev–Trinajstić information content (AvgIpc) is 3.31. The third-order valence-electron chi connectivity index (χ3n) is 4.63. The smallest absolute Gasteiger partial charge is 0.344 e. The maximum Gasteiger partial charge on any atom is 0.344 e. The Balaban J connectivity index is 1.57. The predicted octanol–water partition coefficient (Wildman–Crippen LogP) is -0.219. The third kappa shape index (κ3) is 2.88. The number of urea groups is 1. The van der Waals surface area contributed by atoms with Gasteiger partial charge in [0, 0.05) is 0 Å². The number of aromatic amines is 1. The molecule has 1 saturated heterocycles. The molecule has 0 bridgehead atoms. The zero-order valence-electron chi connectivity index (χ0n) is 15.1. The molecule has 0 radical (unpaired) electrons. The SMILES string of the molecule is CC1(c2ccco2)NC(=O)N(NC(=O)Cn2[nH]c(=O)c3ccccc3c2=O)C1=O. The maximum atomic E-state index is 12.7. The van der Waals surface area contributed by atoms with Gasteiger partial charge in [0.2, 0.25) is 0 Å². The third-order valence-corrected chi connectivity index (χ3v) is 4.63. The fourth-order valence-electron chi connectivity index (χ4n) is 3.13. The Bertz CT molecular complexity index is 1260. The van der Waals surface area contributed by atoms with Crippen molar-refractivity contribution in [3.05, 3.63) is 69.1 Å². The van der Waals surface area contributed by atoms with E-state index in [2.05, 4.69) is 15.8 Å². The molecule has 1 fully saturated rings. The molecule has 1 unspecified atom stereocenters. The van der Waals surface area contributed by atoms with Crippen molar-refractivity contribution < 1.29 is 18.8 Å². The van der Waals surface area contributed by atoms with Gasteiger partial charge in [-0.3, -0.25) is 29.7 Å². The van der Waals surface area contributed by atoms with Crippen LogP contribution in [-0.4, -0.2) is 32.6 Å². The number of carbonyl (C=O) groups excluding carboxylic acids is 3. The number of rotatable bonds is 4. The van der Waals surface area contributed by atoms with Crippen LogP contribution in [0.25, 0.3) is 10.8 Å². The number of imide groups is 1. The van der Waals surface area contributed by atoms with E-state index < -0.39 is 41.0 Å². The van der Waals surface area contributed by atoms with Crippen LogP contribution < -0.4 is 21.9 Å². The first-order valence-corrected chi connectivity index (χ1v) is 8.53. The molecule has 148 valence electrons. The monoisotopic (exact) mass is 397 g/mol. The molecule has 11 nitrogen and oxygen atoms in total. The van der Waals surface area contributed by atoms with E-state index in [9.17, 15) is 24.0 Å². The quantitative estimate of drug-likeness (QED) is 0.519. The van der Waals surface area contributed by atoms with Crippen LogP contribution in [0.3, 0.4) is 0 Å². The van der Waals surface area contributed by atoms with Crippen molar-refractivity contribution in [1.82, 2.24) is 25.5 Å². The van der Waals surface area contributed by atoms with Gasteiger partial charge in [0.05, 0.1) is 17.0 Å². The van der Waals surface area contributed by atoms with Crippen molar-refractivity contribution in [2.75, 3.05) is 0 Å². The number of hydrogen-bond donors (Lipinski definition) is 3. The molecule has 3 N–H and O–H groups in total. The Morgan fingerprint density at radius 2 is 1.83 bits per heavy atom. The van der Waals surface area contributed by atoms with Crippen LogP contribution in [-0.2, 0) is 21.7 Å². The molecule has 4 amide bonds. The largest absolute Gasteiger partial charge is 0.466 e. The Labute approximate surface area is 161 Å². The average molecular weight is 397 g/mol. The van der Waals surface area contributed by atoms with E-state index in [4.69, 9.17) is 4.42 Å². The molecule has 1 atom stereocenters. The summed E-state index contributed by atoms with van der Waals surface area (Å²) in [4.78, 5) is 61.8. The van der Waals surface area contributed by atoms with Gasteiger partial charge in [0.1, 0.15) is 12.3 Å². The standard InChI is InChI=1S/C18H15N5O6/c1-18(12-7-4-8-29-12)16(27)23(17(28)19-18)20-13(24)9-22-15(26)11-6-3-2-5-10(11)14(25)21-22/h2-8H,9H2,1H3,(H,19,28)(H,20,24)(H,21,25). The Morgan fingerprint density at radius 3 is 2.52 bits per heavy atom. The lowest BCUT2D eigenvalue weighted by Crippen LogP contribution is -2.49. The summed E-state index contributed by atoms with van der Waals surface area (Å²) < 4.78 is 6.01. The van der Waals surface area contributed by atoms with Gasteiger partial charge in [-0.15, -0.1) is 0 Å². The van der Waals surface area contributed by atoms with Crippen LogP contribution >= 0.6 is 0 Å². The van der Waals surface area contributed by atoms with Crippen molar-refractivity contribution in [2.45, 2.75) is 19.0 Å². The van der Waals surface area contributed by atoms with Gasteiger partial charge in [-0.05, 0) is 31.2 Å². The van der Waals surface area contributed by atoms with Gasteiger partial charge >= 0.3 is 6.03 Å². The minimum atomic E-state index is -1.48. The molecule has 0 aliphatic carbocycles. The minimum absolute atomic E-state index is 0.143. The molecule has 1 aliphatic rings. The second-order valence-corrected chi connectivity index (χ2v) is 6.59. The number of furan rings is 1. The molecule has 2 aromatic heterocycles. The fourth-order valence-corrected chi connectivity index (χ4v) is 3.13. The molecule has 3 heterocycles. The Hall–Kier alpha value is -4.15. The summed E-state index contributed by atoms with van der Waals surface area (Å²) in [6.45, 7) is 0.830. The normalized spacial score (nSPS) is 18.9. The number of H-pyrrole nitrogens is 1. The number of nitrogens with one attached hydrogen (secondary N) is 3. The Morgan fingerprint density at radius 1 is 1.10 bits per heavy atom. The van der Waals surface area contributed by atoms with E-state index in [1.54, 1.807) is 18.2 Å². The molecule has 0 saturated carbocycles. The highest BCUT2D eigenvalue weighted by atomic mass is 16.3. The maximum absolute atomic E-state index is 12.7. The summed E-state index contributed by atoms with van der Waals surface area (Å²) in [5, 5.41) is 5.60. The van der Waals surface area contributed by atoms with Crippen molar-refractivity contribution in [2.24, 2.45) is 0 Å². The topological polar surface area (TPSA) is 147 Å². The molecule has 1 aromatic carbocycles. The lowest BCUT2D eigenvalue weighted by Gasteiger charge is -2.19. The van der Waals surface area contributed by atoms with Gasteiger partial charge < -0.3 is 9.73 Å². The number of hydrogen-bond acceptors (Lipinski definition) is 6. The van der Waals surface area contributed by atoms with Crippen LogP contribution in [0.5, 0.6) is 0 Å². The molecular weight excluding hydrogens is 382 g/mol. The number of aromatic nitrogens is 2. The van der Waals surface area contributed by atoms with Gasteiger partial charge in [0.25, 0.3) is 22.9 Å². The van der Waals surface area contributed by atoms with Gasteiger partial charge in [-0.1, -0.05) is 12.1 Å². The van der Waals surface area contributed by atoms with Gasteiger partial charge in [0.15, 0.2) is 5.54 Å². The molecule has 0 spiro atoms. The lowest BCUT2D eigenvalue weighted by atomic mass is 10.00. The van der Waals surface area contributed by atoms with Crippen molar-refractivity contribution in [1.29, 1.82) is 0 Å². The number of carbonyl (C=O) groups is 3. The minimum Gasteiger partial charge on any atom is -0.466 e. The van der Waals surface area contributed by atoms with E-state index in [0.29, 0.717) is 5.01 Å². The van der Waals surface area contributed by atoms with Crippen LogP contribution in [0, 0.1) is 0 Å². The highest BCUT2D eigenvalue weighted by Crippen LogP contribution is 2.28. The zero-order chi connectivity index (χ0) is 20.8. The van der Waals surface area contributed by atoms with E-state index in [1.165, 1.54) is 31.4 Å². The van der Waals surface area contributed by atoms with E-state index in [-0.39, 0.29) is 16.5 Å². The number of amides is 4. The molecule has 1 aliphatic heterocycles. The summed E-state index contributed by atoms with van der Waals surface area (Å²) in [5.74, 6) is -1.42. The molecular formula is C18H15N5O6. The lowest BCUT2D eigenvalue weighted by molar-refractivity contribution is -0.139. The summed E-state index contributed by atoms with van der Waals surface area (Å²) in [6.07, 6.45) is 1.35. The van der Waals surface area contributed by atoms with Gasteiger partial charge in [-0.25, -0.2) is 9.48 Å². The Kier molecular flexibility index (Phi) is 4.07.